The summed E-state index contributed by atoms with van der Waals surface area (Å²) < 4.78 is 6.77. The Bertz CT molecular complexity index is 2790. The van der Waals surface area contributed by atoms with Crippen LogP contribution in [0.15, 0.2) is 150 Å². The van der Waals surface area contributed by atoms with E-state index in [1.54, 1.807) is 0 Å². The Morgan fingerprint density at radius 3 is 2.26 bits per heavy atom. The van der Waals surface area contributed by atoms with Gasteiger partial charge >= 0.3 is 0 Å². The first-order chi connectivity index (χ1) is 24.7. The molecular weight excluding hydrogens is 607 g/mol. The van der Waals surface area contributed by atoms with Crippen molar-refractivity contribution < 1.29 is 4.42 Å². The maximum absolute atomic E-state index is 6.77. The van der Waals surface area contributed by atoms with Crippen molar-refractivity contribution in [3.63, 3.8) is 0 Å². The van der Waals surface area contributed by atoms with Crippen LogP contribution in [0.3, 0.4) is 0 Å². The zero-order chi connectivity index (χ0) is 32.7. The molecule has 4 unspecified atom stereocenters. The lowest BCUT2D eigenvalue weighted by Crippen LogP contribution is -2.35. The van der Waals surface area contributed by atoms with Crippen molar-refractivity contribution in [2.45, 2.75) is 24.7 Å². The number of furan rings is 1. The molecule has 1 aromatic heterocycles. The van der Waals surface area contributed by atoms with E-state index >= 15 is 0 Å². The summed E-state index contributed by atoms with van der Waals surface area (Å²) in [4.78, 5) is 0. The van der Waals surface area contributed by atoms with Gasteiger partial charge < -0.3 is 9.73 Å². The third-order valence-electron chi connectivity index (χ3n) is 12.5. The van der Waals surface area contributed by atoms with Crippen LogP contribution in [0.25, 0.3) is 66.1 Å². The van der Waals surface area contributed by atoms with Gasteiger partial charge in [-0.25, -0.2) is 0 Å². The van der Waals surface area contributed by atoms with Gasteiger partial charge in [-0.3, -0.25) is 0 Å². The number of hydrogen-bond donors (Lipinski definition) is 1. The highest BCUT2D eigenvalue weighted by molar-refractivity contribution is 6.18. The first-order valence-corrected chi connectivity index (χ1v) is 18.0. The van der Waals surface area contributed by atoms with Crippen LogP contribution in [0.2, 0.25) is 0 Å². The first-order valence-electron chi connectivity index (χ1n) is 18.0. The van der Waals surface area contributed by atoms with Gasteiger partial charge in [-0.2, -0.15) is 0 Å². The fourth-order valence-electron chi connectivity index (χ4n) is 10.6. The second-order valence-corrected chi connectivity index (χ2v) is 14.9. The molecule has 7 aromatic carbocycles. The van der Waals surface area contributed by atoms with Crippen molar-refractivity contribution in [1.29, 1.82) is 0 Å². The number of rotatable bonds is 2. The SMILES string of the molecule is CC1C=CC2c3ccc(Nc4ccc5c6c(cccc46)-c4ccccc4-5)cc3C3(c4ccccc4-c4c3ccc3c4oc4ccccc43)C2C1. The van der Waals surface area contributed by atoms with Crippen LogP contribution in [0.5, 0.6) is 0 Å². The highest BCUT2D eigenvalue weighted by Crippen LogP contribution is 2.67. The molecule has 50 heavy (non-hydrogen) atoms. The summed E-state index contributed by atoms with van der Waals surface area (Å²) in [6.45, 7) is 2.38. The predicted octanol–water partition coefficient (Wildman–Crippen LogP) is 12.8. The zero-order valence-electron chi connectivity index (χ0n) is 27.7. The van der Waals surface area contributed by atoms with E-state index in [4.69, 9.17) is 4.42 Å². The van der Waals surface area contributed by atoms with E-state index in [0.717, 1.165) is 29.0 Å². The van der Waals surface area contributed by atoms with Gasteiger partial charge in [-0.1, -0.05) is 128 Å². The fourth-order valence-corrected chi connectivity index (χ4v) is 10.6. The van der Waals surface area contributed by atoms with Crippen molar-refractivity contribution in [3.05, 3.63) is 168 Å². The number of allylic oxidation sites excluding steroid dienone is 2. The maximum Gasteiger partial charge on any atom is 0.143 e. The van der Waals surface area contributed by atoms with E-state index in [2.05, 4.69) is 158 Å². The summed E-state index contributed by atoms with van der Waals surface area (Å²) in [5.41, 5.74) is 17.5. The molecule has 12 rings (SSSR count). The Hall–Kier alpha value is -5.86. The molecule has 4 aliphatic carbocycles. The molecule has 0 fully saturated rings. The quantitative estimate of drug-likeness (QED) is 0.190. The second-order valence-electron chi connectivity index (χ2n) is 14.9. The standard InChI is InChI=1S/C48H33NO/c1-27-17-19-31-32-20-18-28(49-43-24-22-35-30-10-3-2-9-29(30)34-13-8-14-38(43)45(34)35)26-42(32)48(41(31)25-27)39-15-6-4-12-37(39)46-40(48)23-21-36-33-11-5-7-16-44(33)50-47(36)46/h2-24,26-27,31,41,49H,25H2,1H3. The molecule has 1 heterocycles. The van der Waals surface area contributed by atoms with Crippen LogP contribution >= 0.6 is 0 Å². The summed E-state index contributed by atoms with van der Waals surface area (Å²) in [5.74, 6) is 1.28. The molecule has 1 spiro atoms. The molecule has 2 nitrogen and oxygen atoms in total. The number of fused-ring (bicyclic) bond motifs is 17. The molecular formula is C48H33NO. The van der Waals surface area contributed by atoms with Crippen LogP contribution in [-0.2, 0) is 5.41 Å². The molecule has 0 saturated heterocycles. The van der Waals surface area contributed by atoms with E-state index in [9.17, 15) is 0 Å². The number of anilines is 2. The van der Waals surface area contributed by atoms with Crippen LogP contribution in [0.1, 0.15) is 41.5 Å². The van der Waals surface area contributed by atoms with Crippen LogP contribution in [0, 0.1) is 11.8 Å². The van der Waals surface area contributed by atoms with Gasteiger partial charge in [0.15, 0.2) is 0 Å². The average molecular weight is 640 g/mol. The topological polar surface area (TPSA) is 25.2 Å². The fraction of sp³-hybridized carbons (Fsp3) is 0.125. The summed E-state index contributed by atoms with van der Waals surface area (Å²) in [6, 6.07) is 49.8. The normalized spacial score (nSPS) is 21.8. The summed E-state index contributed by atoms with van der Waals surface area (Å²) >= 11 is 0. The van der Waals surface area contributed by atoms with Gasteiger partial charge in [0.25, 0.3) is 0 Å². The Labute approximate surface area is 290 Å². The lowest BCUT2D eigenvalue weighted by Gasteiger charge is -2.39. The Morgan fingerprint density at radius 1 is 0.600 bits per heavy atom. The zero-order valence-corrected chi connectivity index (χ0v) is 27.7. The summed E-state index contributed by atoms with van der Waals surface area (Å²) in [7, 11) is 0. The second kappa shape index (κ2) is 9.43. The highest BCUT2D eigenvalue weighted by Gasteiger charge is 2.58. The van der Waals surface area contributed by atoms with Crippen molar-refractivity contribution >= 4 is 44.1 Å². The number of para-hydroxylation sites is 1. The lowest BCUT2D eigenvalue weighted by atomic mass is 9.62. The Kier molecular flexibility index (Phi) is 5.09. The van der Waals surface area contributed by atoms with Crippen LogP contribution < -0.4 is 5.32 Å². The van der Waals surface area contributed by atoms with E-state index in [1.165, 1.54) is 77.2 Å². The van der Waals surface area contributed by atoms with Crippen LogP contribution in [-0.4, -0.2) is 0 Å². The van der Waals surface area contributed by atoms with E-state index < -0.39 is 0 Å². The number of hydrogen-bond acceptors (Lipinski definition) is 2. The molecule has 8 aromatic rings. The Morgan fingerprint density at radius 2 is 1.36 bits per heavy atom. The molecule has 2 heteroatoms. The minimum absolute atomic E-state index is 0.278. The number of benzene rings is 7. The summed E-state index contributed by atoms with van der Waals surface area (Å²) in [5, 5.41) is 8.93. The molecule has 4 atom stereocenters. The molecule has 0 bridgehead atoms. The van der Waals surface area contributed by atoms with Gasteiger partial charge in [0.1, 0.15) is 11.2 Å². The maximum atomic E-state index is 6.77. The molecule has 4 aliphatic rings. The van der Waals surface area contributed by atoms with Crippen LogP contribution in [0.4, 0.5) is 11.4 Å². The lowest BCUT2D eigenvalue weighted by molar-refractivity contribution is 0.314. The monoisotopic (exact) mass is 639 g/mol. The Balaban J connectivity index is 1.09. The largest absolute Gasteiger partial charge is 0.455 e. The third-order valence-corrected chi connectivity index (χ3v) is 12.5. The summed E-state index contributed by atoms with van der Waals surface area (Å²) in [6.07, 6.45) is 6.10. The van der Waals surface area contributed by atoms with Crippen molar-refractivity contribution in [2.24, 2.45) is 11.8 Å². The average Bonchev–Trinajstić information content (AvgIpc) is 3.87. The van der Waals surface area contributed by atoms with Gasteiger partial charge in [0, 0.05) is 39.0 Å². The first kappa shape index (κ1) is 27.0. The van der Waals surface area contributed by atoms with Crippen molar-refractivity contribution in [2.75, 3.05) is 5.32 Å². The molecule has 0 amide bonds. The van der Waals surface area contributed by atoms with Gasteiger partial charge in [-0.15, -0.1) is 0 Å². The highest BCUT2D eigenvalue weighted by atomic mass is 16.3. The van der Waals surface area contributed by atoms with E-state index in [0.29, 0.717) is 17.8 Å². The smallest absolute Gasteiger partial charge is 0.143 e. The molecule has 1 N–H and O–H groups in total. The van der Waals surface area contributed by atoms with Gasteiger partial charge in [0.2, 0.25) is 0 Å². The molecule has 236 valence electrons. The van der Waals surface area contributed by atoms with Gasteiger partial charge in [-0.05, 0) is 98.0 Å². The van der Waals surface area contributed by atoms with Gasteiger partial charge in [0.05, 0.1) is 5.41 Å². The minimum atomic E-state index is -0.278. The third kappa shape index (κ3) is 3.21. The molecule has 0 aliphatic heterocycles. The minimum Gasteiger partial charge on any atom is -0.455 e. The van der Waals surface area contributed by atoms with Crippen molar-refractivity contribution in [1.82, 2.24) is 0 Å². The number of nitrogens with one attached hydrogen (secondary N) is 1. The van der Waals surface area contributed by atoms with E-state index in [-0.39, 0.29) is 5.41 Å². The molecule has 0 saturated carbocycles. The van der Waals surface area contributed by atoms with Crippen molar-refractivity contribution in [3.8, 4) is 33.4 Å². The molecule has 0 radical (unpaired) electrons. The van der Waals surface area contributed by atoms with E-state index in [1.807, 2.05) is 0 Å². The predicted molar refractivity (Wildman–Crippen MR) is 206 cm³/mol.